The van der Waals surface area contributed by atoms with E-state index in [1.54, 1.807) is 30.3 Å². The molecule has 3 aromatic rings. The number of rotatable bonds is 6. The minimum atomic E-state index is -0.159. The van der Waals surface area contributed by atoms with E-state index in [4.69, 9.17) is 16.3 Å². The molecule has 0 aromatic heterocycles. The average Bonchev–Trinajstić information content (AvgIpc) is 2.92. The van der Waals surface area contributed by atoms with Crippen LogP contribution in [0.5, 0.6) is 0 Å². The molecule has 5 nitrogen and oxygen atoms in total. The van der Waals surface area contributed by atoms with Gasteiger partial charge in [0, 0.05) is 23.7 Å². The topological polar surface area (TPSA) is 58.6 Å². The molecule has 5 rings (SSSR count). The average molecular weight is 515 g/mol. The summed E-state index contributed by atoms with van der Waals surface area (Å²) < 4.78 is 6.25. The maximum absolute atomic E-state index is 13.5. The minimum absolute atomic E-state index is 0.0149. The van der Waals surface area contributed by atoms with Gasteiger partial charge in [-0.3, -0.25) is 9.59 Å². The Morgan fingerprint density at radius 1 is 0.973 bits per heavy atom. The van der Waals surface area contributed by atoms with Crippen LogP contribution in [0, 0.1) is 6.92 Å². The predicted molar refractivity (Wildman–Crippen MR) is 146 cm³/mol. The molecule has 6 heteroatoms. The fraction of sp³-hybridized carbons (Fsp3) is 0.290. The molecule has 37 heavy (non-hydrogen) atoms. The number of nitrogens with one attached hydrogen (secondary N) is 1. The number of amides is 2. The van der Waals surface area contributed by atoms with Crippen molar-refractivity contribution in [1.29, 1.82) is 0 Å². The van der Waals surface area contributed by atoms with Crippen molar-refractivity contribution in [3.63, 3.8) is 0 Å². The summed E-state index contributed by atoms with van der Waals surface area (Å²) >= 11 is 5.92. The second-order valence-electron chi connectivity index (χ2n) is 9.87. The molecule has 2 amide bonds. The number of hydrogen-bond donors (Lipinski definition) is 1. The van der Waals surface area contributed by atoms with Crippen molar-refractivity contribution in [1.82, 2.24) is 10.2 Å². The molecular weight excluding hydrogens is 484 g/mol. The van der Waals surface area contributed by atoms with E-state index >= 15 is 0 Å². The zero-order chi connectivity index (χ0) is 25.8. The molecule has 2 aliphatic rings. The summed E-state index contributed by atoms with van der Waals surface area (Å²) in [5.74, 6) is 0.136. The number of aryl methyl sites for hydroxylation is 1. The van der Waals surface area contributed by atoms with Crippen molar-refractivity contribution in [3.8, 4) is 0 Å². The number of nitrogens with zero attached hydrogens (tertiary/aromatic N) is 1. The van der Waals surface area contributed by atoms with E-state index in [1.165, 1.54) is 5.56 Å². The standard InChI is InChI=1S/C31H31ClN2O3/c1-21-6-8-24(9-7-21)20-34-27-4-2-3-5-28(27)37-29(31(34)36)18-22-10-14-25(15-11-22)30(35)33-19-23-12-16-26(32)17-13-23/h6-18,27-28H,2-5,19-20H2,1H3,(H,33,35)/b29-18+. The van der Waals surface area contributed by atoms with Gasteiger partial charge in [-0.05, 0) is 73.2 Å². The van der Waals surface area contributed by atoms with Gasteiger partial charge in [-0.2, -0.15) is 0 Å². The Morgan fingerprint density at radius 3 is 2.38 bits per heavy atom. The van der Waals surface area contributed by atoms with Crippen molar-refractivity contribution in [2.24, 2.45) is 0 Å². The molecule has 2 atom stereocenters. The third-order valence-electron chi connectivity index (χ3n) is 7.13. The maximum Gasteiger partial charge on any atom is 0.289 e. The zero-order valence-corrected chi connectivity index (χ0v) is 21.7. The van der Waals surface area contributed by atoms with Crippen LogP contribution in [-0.2, 0) is 22.6 Å². The third-order valence-corrected chi connectivity index (χ3v) is 7.38. The summed E-state index contributed by atoms with van der Waals surface area (Å²) in [6.07, 6.45) is 5.96. The molecule has 2 unspecified atom stereocenters. The molecule has 1 saturated heterocycles. The predicted octanol–water partition coefficient (Wildman–Crippen LogP) is 6.29. The smallest absolute Gasteiger partial charge is 0.289 e. The molecule has 190 valence electrons. The van der Waals surface area contributed by atoms with Crippen LogP contribution >= 0.6 is 11.6 Å². The van der Waals surface area contributed by atoms with Crippen LogP contribution in [0.4, 0.5) is 0 Å². The summed E-state index contributed by atoms with van der Waals surface area (Å²) in [4.78, 5) is 28.1. The second kappa shape index (κ2) is 11.2. The quantitative estimate of drug-likeness (QED) is 0.393. The van der Waals surface area contributed by atoms with E-state index in [1.807, 2.05) is 29.2 Å². The molecule has 1 N–H and O–H groups in total. The first-order valence-electron chi connectivity index (χ1n) is 12.8. The van der Waals surface area contributed by atoms with Crippen molar-refractivity contribution < 1.29 is 14.3 Å². The van der Waals surface area contributed by atoms with Gasteiger partial charge in [0.15, 0.2) is 5.76 Å². The summed E-state index contributed by atoms with van der Waals surface area (Å²) in [5, 5.41) is 3.59. The van der Waals surface area contributed by atoms with Crippen molar-refractivity contribution >= 4 is 29.5 Å². The highest BCUT2D eigenvalue weighted by Crippen LogP contribution is 2.34. The van der Waals surface area contributed by atoms with Crippen molar-refractivity contribution in [3.05, 3.63) is 111 Å². The number of hydrogen-bond acceptors (Lipinski definition) is 3. The fourth-order valence-corrected chi connectivity index (χ4v) is 5.15. The van der Waals surface area contributed by atoms with Crippen molar-refractivity contribution in [2.75, 3.05) is 0 Å². The summed E-state index contributed by atoms with van der Waals surface area (Å²) in [5.41, 5.74) is 4.68. The molecule has 3 aromatic carbocycles. The van der Waals surface area contributed by atoms with Crippen LogP contribution in [0.1, 0.15) is 58.3 Å². The van der Waals surface area contributed by atoms with Gasteiger partial charge in [-0.25, -0.2) is 0 Å². The number of carbonyl (C=O) groups is 2. The number of carbonyl (C=O) groups excluding carboxylic acids is 2. The lowest BCUT2D eigenvalue weighted by Gasteiger charge is -2.44. The van der Waals surface area contributed by atoms with Gasteiger partial charge in [0.25, 0.3) is 11.8 Å². The zero-order valence-electron chi connectivity index (χ0n) is 21.0. The van der Waals surface area contributed by atoms with Crippen LogP contribution in [-0.4, -0.2) is 28.9 Å². The first-order valence-corrected chi connectivity index (χ1v) is 13.2. The van der Waals surface area contributed by atoms with Gasteiger partial charge in [-0.15, -0.1) is 0 Å². The lowest BCUT2D eigenvalue weighted by atomic mass is 9.89. The van der Waals surface area contributed by atoms with Gasteiger partial charge in [-0.1, -0.05) is 72.1 Å². The Hall–Kier alpha value is -3.57. The molecule has 1 aliphatic carbocycles. The normalized spacial score (nSPS) is 20.3. The molecule has 1 heterocycles. The Morgan fingerprint density at radius 2 is 1.65 bits per heavy atom. The van der Waals surface area contributed by atoms with Gasteiger partial charge in [0.2, 0.25) is 0 Å². The van der Waals surface area contributed by atoms with Crippen molar-refractivity contribution in [2.45, 2.75) is 57.8 Å². The van der Waals surface area contributed by atoms with E-state index in [2.05, 4.69) is 36.5 Å². The summed E-state index contributed by atoms with van der Waals surface area (Å²) in [7, 11) is 0. The van der Waals surface area contributed by atoms with Gasteiger partial charge < -0.3 is 15.0 Å². The second-order valence-corrected chi connectivity index (χ2v) is 10.3. The van der Waals surface area contributed by atoms with Crippen LogP contribution in [0.15, 0.2) is 78.6 Å². The van der Waals surface area contributed by atoms with E-state index in [0.717, 1.165) is 42.4 Å². The highest BCUT2D eigenvalue weighted by atomic mass is 35.5. The number of halogens is 1. The number of morpholine rings is 1. The van der Waals surface area contributed by atoms with Gasteiger partial charge in [0.05, 0.1) is 6.04 Å². The Bertz CT molecular complexity index is 1280. The third kappa shape index (κ3) is 6.05. The van der Waals surface area contributed by atoms with Crippen LogP contribution < -0.4 is 5.32 Å². The lowest BCUT2D eigenvalue weighted by molar-refractivity contribution is -0.149. The van der Waals surface area contributed by atoms with E-state index in [9.17, 15) is 9.59 Å². The Balaban J connectivity index is 1.29. The largest absolute Gasteiger partial charge is 0.482 e. The molecule has 0 bridgehead atoms. The number of fused-ring (bicyclic) bond motifs is 1. The number of ether oxygens (including phenoxy) is 1. The molecule has 1 saturated carbocycles. The van der Waals surface area contributed by atoms with Crippen LogP contribution in [0.25, 0.3) is 6.08 Å². The van der Waals surface area contributed by atoms with Crippen LogP contribution in [0.3, 0.4) is 0 Å². The monoisotopic (exact) mass is 514 g/mol. The van der Waals surface area contributed by atoms with E-state index in [0.29, 0.717) is 29.4 Å². The summed E-state index contributed by atoms with van der Waals surface area (Å²) in [6.45, 7) is 3.06. The Kier molecular flexibility index (Phi) is 7.61. The SMILES string of the molecule is Cc1ccc(CN2C(=O)/C(=C\c3ccc(C(=O)NCc4ccc(Cl)cc4)cc3)OC3CCCCC32)cc1. The van der Waals surface area contributed by atoms with Gasteiger partial charge in [0.1, 0.15) is 6.10 Å². The highest BCUT2D eigenvalue weighted by molar-refractivity contribution is 6.30. The number of benzene rings is 3. The molecule has 1 aliphatic heterocycles. The molecule has 0 radical (unpaired) electrons. The first-order chi connectivity index (χ1) is 18.0. The van der Waals surface area contributed by atoms with Crippen LogP contribution in [0.2, 0.25) is 5.02 Å². The lowest BCUT2D eigenvalue weighted by Crippen LogP contribution is -2.54. The molecular formula is C31H31ClN2O3. The van der Waals surface area contributed by atoms with E-state index in [-0.39, 0.29) is 24.0 Å². The highest BCUT2D eigenvalue weighted by Gasteiger charge is 2.41. The molecule has 0 spiro atoms. The first kappa shape index (κ1) is 25.1. The molecule has 2 fully saturated rings. The Labute approximate surface area is 223 Å². The van der Waals surface area contributed by atoms with E-state index < -0.39 is 0 Å². The maximum atomic E-state index is 13.5. The minimum Gasteiger partial charge on any atom is -0.482 e. The fourth-order valence-electron chi connectivity index (χ4n) is 5.02. The van der Waals surface area contributed by atoms with Gasteiger partial charge >= 0.3 is 0 Å². The summed E-state index contributed by atoms with van der Waals surface area (Å²) in [6, 6.07) is 23.1.